The molecule has 0 fully saturated rings. The lowest BCUT2D eigenvalue weighted by molar-refractivity contribution is -0.384. The number of rotatable bonds is 3. The van der Waals surface area contributed by atoms with Crippen molar-refractivity contribution in [3.63, 3.8) is 0 Å². The van der Waals surface area contributed by atoms with Crippen LogP contribution >= 0.6 is 33.9 Å². The van der Waals surface area contributed by atoms with Crippen LogP contribution in [0.4, 0.5) is 10.8 Å². The van der Waals surface area contributed by atoms with E-state index in [-0.39, 0.29) is 11.6 Å². The molecule has 1 heterocycles. The molecule has 1 N–H and O–H groups in total. The molecule has 22 heavy (non-hydrogen) atoms. The Bertz CT molecular complexity index is 894. The predicted molar refractivity (Wildman–Crippen MR) is 93.4 cm³/mol. The summed E-state index contributed by atoms with van der Waals surface area (Å²) < 4.78 is 1.62. The molecular weight excluding hydrogens is 417 g/mol. The van der Waals surface area contributed by atoms with E-state index in [1.807, 2.05) is 6.07 Å². The fourth-order valence-corrected chi connectivity index (χ4v) is 3.32. The van der Waals surface area contributed by atoms with Gasteiger partial charge in [-0.2, -0.15) is 0 Å². The van der Waals surface area contributed by atoms with Crippen molar-refractivity contribution in [1.29, 1.82) is 0 Å². The maximum absolute atomic E-state index is 12.2. The average molecular weight is 425 g/mol. The van der Waals surface area contributed by atoms with E-state index in [1.165, 1.54) is 23.5 Å². The number of thiazole rings is 1. The summed E-state index contributed by atoms with van der Waals surface area (Å²) in [5.41, 5.74) is 1.16. The smallest absolute Gasteiger partial charge is 0.270 e. The maximum atomic E-state index is 12.2. The van der Waals surface area contributed by atoms with Gasteiger partial charge >= 0.3 is 0 Å². The summed E-state index contributed by atoms with van der Waals surface area (Å²) in [7, 11) is 0. The van der Waals surface area contributed by atoms with E-state index in [0.717, 1.165) is 3.57 Å². The van der Waals surface area contributed by atoms with E-state index in [1.54, 1.807) is 24.3 Å². The zero-order valence-corrected chi connectivity index (χ0v) is 13.9. The third kappa shape index (κ3) is 3.07. The van der Waals surface area contributed by atoms with Gasteiger partial charge in [-0.3, -0.25) is 20.2 Å². The number of amides is 1. The van der Waals surface area contributed by atoms with E-state index >= 15 is 0 Å². The van der Waals surface area contributed by atoms with Crippen LogP contribution in [0.2, 0.25) is 0 Å². The number of hydrogen-bond donors (Lipinski definition) is 1. The van der Waals surface area contributed by atoms with Crippen molar-refractivity contribution >= 4 is 60.9 Å². The van der Waals surface area contributed by atoms with Crippen LogP contribution in [0.5, 0.6) is 0 Å². The van der Waals surface area contributed by atoms with Crippen LogP contribution in [0.15, 0.2) is 42.5 Å². The number of aromatic nitrogens is 1. The molecular formula is C14H8IN3O3S. The van der Waals surface area contributed by atoms with Crippen molar-refractivity contribution in [2.45, 2.75) is 0 Å². The predicted octanol–water partition coefficient (Wildman–Crippen LogP) is 4.06. The normalized spacial score (nSPS) is 10.6. The molecule has 3 aromatic rings. The quantitative estimate of drug-likeness (QED) is 0.390. The second-order valence-corrected chi connectivity index (χ2v) is 6.67. The lowest BCUT2D eigenvalue weighted by atomic mass is 10.2. The number of carbonyl (C=O) groups is 1. The van der Waals surface area contributed by atoms with Crippen LogP contribution in [0, 0.1) is 13.7 Å². The molecule has 0 aliphatic rings. The minimum Gasteiger partial charge on any atom is -0.298 e. The number of nitrogens with zero attached hydrogens (tertiary/aromatic N) is 2. The van der Waals surface area contributed by atoms with Gasteiger partial charge in [0.1, 0.15) is 0 Å². The molecule has 0 radical (unpaired) electrons. The van der Waals surface area contributed by atoms with Crippen molar-refractivity contribution in [2.24, 2.45) is 0 Å². The minimum absolute atomic E-state index is 0.00615. The SMILES string of the molecule is O=C(Nc1nc2ccc([N+](=O)[O-])cc2s1)c1cccc(I)c1. The standard InChI is InChI=1S/C14H8IN3O3S/c15-9-3-1-2-8(6-9)13(19)17-14-16-11-5-4-10(18(20)21)7-12(11)22-14/h1-7H,(H,16,17,19). The summed E-state index contributed by atoms with van der Waals surface area (Å²) in [6, 6.07) is 11.6. The molecule has 0 bridgehead atoms. The van der Waals surface area contributed by atoms with Gasteiger partial charge in [0, 0.05) is 21.3 Å². The molecule has 1 aromatic heterocycles. The summed E-state index contributed by atoms with van der Waals surface area (Å²) in [4.78, 5) is 26.7. The Morgan fingerprint density at radius 2 is 2.09 bits per heavy atom. The fraction of sp³-hybridized carbons (Fsp3) is 0. The molecule has 6 nitrogen and oxygen atoms in total. The molecule has 0 saturated carbocycles. The van der Waals surface area contributed by atoms with Crippen LogP contribution in [-0.4, -0.2) is 15.8 Å². The van der Waals surface area contributed by atoms with E-state index in [9.17, 15) is 14.9 Å². The Labute approximate surface area is 142 Å². The van der Waals surface area contributed by atoms with Crippen molar-refractivity contribution in [3.05, 3.63) is 61.7 Å². The fourth-order valence-electron chi connectivity index (χ4n) is 1.88. The highest BCUT2D eigenvalue weighted by molar-refractivity contribution is 14.1. The number of hydrogen-bond acceptors (Lipinski definition) is 5. The van der Waals surface area contributed by atoms with Crippen molar-refractivity contribution in [2.75, 3.05) is 5.32 Å². The third-order valence-electron chi connectivity index (χ3n) is 2.89. The Morgan fingerprint density at radius 1 is 1.27 bits per heavy atom. The Balaban J connectivity index is 1.87. The molecule has 0 unspecified atom stereocenters. The number of non-ortho nitro benzene ring substituents is 1. The summed E-state index contributed by atoms with van der Waals surface area (Å²) in [5.74, 6) is -0.257. The highest BCUT2D eigenvalue weighted by Crippen LogP contribution is 2.29. The van der Waals surface area contributed by atoms with Crippen molar-refractivity contribution in [3.8, 4) is 0 Å². The number of nitro groups is 1. The van der Waals surface area contributed by atoms with Gasteiger partial charge < -0.3 is 0 Å². The summed E-state index contributed by atoms with van der Waals surface area (Å²) >= 11 is 3.34. The molecule has 1 amide bonds. The minimum atomic E-state index is -0.455. The van der Waals surface area contributed by atoms with Gasteiger partial charge in [-0.15, -0.1) is 0 Å². The van der Waals surface area contributed by atoms with Crippen LogP contribution in [0.1, 0.15) is 10.4 Å². The number of fused-ring (bicyclic) bond motifs is 1. The number of nitrogens with one attached hydrogen (secondary N) is 1. The zero-order chi connectivity index (χ0) is 15.7. The highest BCUT2D eigenvalue weighted by atomic mass is 127. The number of halogens is 1. The number of carbonyl (C=O) groups excluding carboxylic acids is 1. The lowest BCUT2D eigenvalue weighted by Gasteiger charge is -2.01. The van der Waals surface area contributed by atoms with Gasteiger partial charge in [-0.1, -0.05) is 17.4 Å². The first-order valence-electron chi connectivity index (χ1n) is 6.15. The molecule has 110 valence electrons. The molecule has 8 heteroatoms. The van der Waals surface area contributed by atoms with E-state index in [4.69, 9.17) is 0 Å². The molecule has 3 rings (SSSR count). The van der Waals surface area contributed by atoms with Crippen molar-refractivity contribution < 1.29 is 9.72 Å². The van der Waals surface area contributed by atoms with Gasteiger partial charge in [0.15, 0.2) is 5.13 Å². The largest absolute Gasteiger partial charge is 0.298 e. The maximum Gasteiger partial charge on any atom is 0.270 e. The molecule has 2 aromatic carbocycles. The second-order valence-electron chi connectivity index (χ2n) is 4.39. The van der Waals surface area contributed by atoms with Gasteiger partial charge in [-0.05, 0) is 46.9 Å². The molecule has 0 aliphatic carbocycles. The van der Waals surface area contributed by atoms with E-state index in [2.05, 4.69) is 32.9 Å². The monoisotopic (exact) mass is 425 g/mol. The van der Waals surface area contributed by atoms with Gasteiger partial charge in [0.2, 0.25) is 0 Å². The summed E-state index contributed by atoms with van der Waals surface area (Å²) in [6.07, 6.45) is 0. The third-order valence-corrected chi connectivity index (χ3v) is 4.49. The summed E-state index contributed by atoms with van der Waals surface area (Å²) in [5, 5.41) is 13.9. The summed E-state index contributed by atoms with van der Waals surface area (Å²) in [6.45, 7) is 0. The van der Waals surface area contributed by atoms with Gasteiger partial charge in [-0.25, -0.2) is 4.98 Å². The Hall–Kier alpha value is -2.07. The van der Waals surface area contributed by atoms with Crippen LogP contribution in [0.25, 0.3) is 10.2 Å². The molecule has 0 spiro atoms. The first-order chi connectivity index (χ1) is 10.5. The van der Waals surface area contributed by atoms with Crippen LogP contribution in [0.3, 0.4) is 0 Å². The van der Waals surface area contributed by atoms with Crippen LogP contribution < -0.4 is 5.32 Å². The Morgan fingerprint density at radius 3 is 2.82 bits per heavy atom. The molecule has 0 saturated heterocycles. The first kappa shape index (κ1) is 14.9. The van der Waals surface area contributed by atoms with Crippen LogP contribution in [-0.2, 0) is 0 Å². The topological polar surface area (TPSA) is 85.1 Å². The number of anilines is 1. The van der Waals surface area contributed by atoms with Gasteiger partial charge in [0.05, 0.1) is 15.1 Å². The molecule has 0 atom stereocenters. The van der Waals surface area contributed by atoms with Gasteiger partial charge in [0.25, 0.3) is 11.6 Å². The first-order valence-corrected chi connectivity index (χ1v) is 8.04. The highest BCUT2D eigenvalue weighted by Gasteiger charge is 2.13. The number of benzene rings is 2. The zero-order valence-electron chi connectivity index (χ0n) is 10.9. The lowest BCUT2D eigenvalue weighted by Crippen LogP contribution is -2.11. The Kier molecular flexibility index (Phi) is 4.03. The second kappa shape index (κ2) is 5.97. The average Bonchev–Trinajstić information content (AvgIpc) is 2.88. The van der Waals surface area contributed by atoms with E-state index in [0.29, 0.717) is 20.9 Å². The molecule has 0 aliphatic heterocycles. The van der Waals surface area contributed by atoms with E-state index < -0.39 is 4.92 Å². The number of nitro benzene ring substituents is 1. The van der Waals surface area contributed by atoms with Crippen molar-refractivity contribution in [1.82, 2.24) is 4.98 Å².